The number of nitrogens with zero attached hydrogens (tertiary/aromatic N) is 4. The van der Waals surface area contributed by atoms with Crippen molar-refractivity contribution >= 4 is 5.91 Å². The number of nitrogens with one attached hydrogen (secondary N) is 1. The molecule has 2 aromatic rings. The van der Waals surface area contributed by atoms with Gasteiger partial charge in [0.1, 0.15) is 11.5 Å². The average Bonchev–Trinajstić information content (AvgIpc) is 3.13. The van der Waals surface area contributed by atoms with Crippen LogP contribution >= 0.6 is 0 Å². The van der Waals surface area contributed by atoms with Crippen LogP contribution in [0.25, 0.3) is 0 Å². The molecule has 1 saturated heterocycles. The van der Waals surface area contributed by atoms with E-state index in [4.69, 9.17) is 0 Å². The molecule has 6 heteroatoms. The predicted octanol–water partition coefficient (Wildman–Crippen LogP) is 3.08. The highest BCUT2D eigenvalue weighted by Crippen LogP contribution is 2.39. The highest BCUT2D eigenvalue weighted by Gasteiger charge is 2.31. The molecular formula is C18H25N5O. The smallest absolute Gasteiger partial charge is 0.274 e. The highest BCUT2D eigenvalue weighted by atomic mass is 16.2. The van der Waals surface area contributed by atoms with Crippen LogP contribution in [0.5, 0.6) is 0 Å². The van der Waals surface area contributed by atoms with Gasteiger partial charge in [-0.15, -0.1) is 0 Å². The molecular weight excluding hydrogens is 302 g/mol. The lowest BCUT2D eigenvalue weighted by Gasteiger charge is -2.32. The number of imidazole rings is 1. The third-order valence-electron chi connectivity index (χ3n) is 5.16. The molecule has 0 radical (unpaired) electrons. The maximum Gasteiger partial charge on any atom is 0.274 e. The number of carbonyl (C=O) groups is 1. The van der Waals surface area contributed by atoms with Crippen molar-refractivity contribution in [1.29, 1.82) is 0 Å². The van der Waals surface area contributed by atoms with Gasteiger partial charge in [-0.25, -0.2) is 4.98 Å². The van der Waals surface area contributed by atoms with E-state index in [9.17, 15) is 4.79 Å². The van der Waals surface area contributed by atoms with Crippen LogP contribution in [0.4, 0.5) is 0 Å². The van der Waals surface area contributed by atoms with Crippen LogP contribution in [0.15, 0.2) is 18.5 Å². The van der Waals surface area contributed by atoms with E-state index in [0.717, 1.165) is 37.4 Å². The summed E-state index contributed by atoms with van der Waals surface area (Å²) >= 11 is 0. The van der Waals surface area contributed by atoms with E-state index in [-0.39, 0.29) is 5.91 Å². The summed E-state index contributed by atoms with van der Waals surface area (Å²) in [6.07, 6.45) is 8.42. The molecule has 1 saturated carbocycles. The average molecular weight is 327 g/mol. The molecule has 128 valence electrons. The predicted molar refractivity (Wildman–Crippen MR) is 91.1 cm³/mol. The number of hydrogen-bond acceptors (Lipinski definition) is 3. The zero-order valence-corrected chi connectivity index (χ0v) is 14.4. The monoisotopic (exact) mass is 327 g/mol. The van der Waals surface area contributed by atoms with Gasteiger partial charge in [-0.2, -0.15) is 5.10 Å². The quantitative estimate of drug-likeness (QED) is 0.938. The SMILES string of the molecule is CC(C)n1ccnc1[C@@H]1CCCN(C(=O)c2cc(C3CC3)[nH]n2)C1. The lowest BCUT2D eigenvalue weighted by atomic mass is 9.96. The Labute approximate surface area is 142 Å². The molecule has 1 aliphatic heterocycles. The molecule has 1 atom stereocenters. The molecule has 3 heterocycles. The maximum absolute atomic E-state index is 12.8. The standard InChI is InChI=1S/C18H25N5O/c1-12(2)23-9-7-19-17(23)14-4-3-8-22(11-14)18(24)16-10-15(20-21-16)13-5-6-13/h7,9-10,12-14H,3-6,8,11H2,1-2H3,(H,20,21)/t14-/m1/s1. The summed E-state index contributed by atoms with van der Waals surface area (Å²) < 4.78 is 2.22. The summed E-state index contributed by atoms with van der Waals surface area (Å²) in [5.41, 5.74) is 1.67. The topological polar surface area (TPSA) is 66.8 Å². The molecule has 0 bridgehead atoms. The van der Waals surface area contributed by atoms with E-state index in [2.05, 4.69) is 33.6 Å². The summed E-state index contributed by atoms with van der Waals surface area (Å²) in [4.78, 5) is 19.3. The van der Waals surface area contributed by atoms with Crippen LogP contribution < -0.4 is 0 Å². The number of piperidine rings is 1. The van der Waals surface area contributed by atoms with Crippen LogP contribution in [-0.2, 0) is 0 Å². The molecule has 0 spiro atoms. The summed E-state index contributed by atoms with van der Waals surface area (Å²) in [5.74, 6) is 2.04. The van der Waals surface area contributed by atoms with Gasteiger partial charge in [0, 0.05) is 49.1 Å². The number of carbonyl (C=O) groups excluding carboxylic acids is 1. The normalized spacial score (nSPS) is 21.5. The number of rotatable bonds is 4. The minimum absolute atomic E-state index is 0.0468. The molecule has 2 aliphatic rings. The number of hydrogen-bond donors (Lipinski definition) is 1. The van der Waals surface area contributed by atoms with Crippen LogP contribution in [0, 0.1) is 0 Å². The van der Waals surface area contributed by atoms with E-state index >= 15 is 0 Å². The largest absolute Gasteiger partial charge is 0.337 e. The Bertz CT molecular complexity index is 727. The number of likely N-dealkylation sites (tertiary alicyclic amines) is 1. The Balaban J connectivity index is 1.49. The first-order valence-electron chi connectivity index (χ1n) is 9.00. The zero-order chi connectivity index (χ0) is 16.7. The second-order valence-corrected chi connectivity index (χ2v) is 7.36. The molecule has 4 rings (SSSR count). The lowest BCUT2D eigenvalue weighted by Crippen LogP contribution is -2.40. The van der Waals surface area contributed by atoms with Gasteiger partial charge < -0.3 is 9.47 Å². The van der Waals surface area contributed by atoms with Gasteiger partial charge in [0.2, 0.25) is 0 Å². The molecule has 1 N–H and O–H groups in total. The van der Waals surface area contributed by atoms with E-state index in [1.165, 1.54) is 12.8 Å². The van der Waals surface area contributed by atoms with Crippen molar-refractivity contribution in [2.45, 2.75) is 57.4 Å². The molecule has 0 aromatic carbocycles. The van der Waals surface area contributed by atoms with Crippen LogP contribution in [0.1, 0.15) is 79.4 Å². The first kappa shape index (κ1) is 15.4. The van der Waals surface area contributed by atoms with E-state index in [1.807, 2.05) is 23.4 Å². The fourth-order valence-electron chi connectivity index (χ4n) is 3.66. The Morgan fingerprint density at radius 1 is 1.29 bits per heavy atom. The van der Waals surface area contributed by atoms with Crippen molar-refractivity contribution in [1.82, 2.24) is 24.6 Å². The van der Waals surface area contributed by atoms with Crippen molar-refractivity contribution in [3.05, 3.63) is 35.7 Å². The third kappa shape index (κ3) is 2.85. The zero-order valence-electron chi connectivity index (χ0n) is 14.4. The van der Waals surface area contributed by atoms with Gasteiger partial charge in [-0.3, -0.25) is 9.89 Å². The van der Waals surface area contributed by atoms with E-state index in [1.54, 1.807) is 0 Å². The molecule has 1 amide bonds. The number of H-pyrrole nitrogens is 1. The number of amides is 1. The minimum atomic E-state index is 0.0468. The highest BCUT2D eigenvalue weighted by molar-refractivity contribution is 5.92. The Kier molecular flexibility index (Phi) is 3.90. The van der Waals surface area contributed by atoms with Crippen molar-refractivity contribution in [3.8, 4) is 0 Å². The van der Waals surface area contributed by atoms with Crippen LogP contribution in [0.2, 0.25) is 0 Å². The fraction of sp³-hybridized carbons (Fsp3) is 0.611. The van der Waals surface area contributed by atoms with Gasteiger partial charge in [0.25, 0.3) is 5.91 Å². The third-order valence-corrected chi connectivity index (χ3v) is 5.16. The maximum atomic E-state index is 12.8. The summed E-state index contributed by atoms with van der Waals surface area (Å²) in [6.45, 7) is 5.87. The second-order valence-electron chi connectivity index (χ2n) is 7.36. The Morgan fingerprint density at radius 2 is 2.12 bits per heavy atom. The van der Waals surface area contributed by atoms with Gasteiger partial charge in [0.05, 0.1) is 0 Å². The molecule has 6 nitrogen and oxygen atoms in total. The molecule has 1 aliphatic carbocycles. The first-order valence-corrected chi connectivity index (χ1v) is 9.00. The summed E-state index contributed by atoms with van der Waals surface area (Å²) in [6, 6.07) is 2.33. The number of aromatic nitrogens is 4. The summed E-state index contributed by atoms with van der Waals surface area (Å²) in [5, 5.41) is 7.29. The number of aromatic amines is 1. The van der Waals surface area contributed by atoms with Crippen molar-refractivity contribution < 1.29 is 4.79 Å². The van der Waals surface area contributed by atoms with Crippen LogP contribution in [-0.4, -0.2) is 43.6 Å². The van der Waals surface area contributed by atoms with Gasteiger partial charge in [0.15, 0.2) is 0 Å². The van der Waals surface area contributed by atoms with Crippen molar-refractivity contribution in [2.24, 2.45) is 0 Å². The summed E-state index contributed by atoms with van der Waals surface area (Å²) in [7, 11) is 0. The van der Waals surface area contributed by atoms with E-state index < -0.39 is 0 Å². The van der Waals surface area contributed by atoms with Gasteiger partial charge in [-0.1, -0.05) is 0 Å². The Morgan fingerprint density at radius 3 is 2.88 bits per heavy atom. The lowest BCUT2D eigenvalue weighted by molar-refractivity contribution is 0.0697. The van der Waals surface area contributed by atoms with Gasteiger partial charge in [-0.05, 0) is 45.6 Å². The first-order chi connectivity index (χ1) is 11.6. The molecule has 24 heavy (non-hydrogen) atoms. The molecule has 2 aromatic heterocycles. The minimum Gasteiger partial charge on any atom is -0.337 e. The van der Waals surface area contributed by atoms with Gasteiger partial charge >= 0.3 is 0 Å². The molecule has 0 unspecified atom stereocenters. The molecule has 2 fully saturated rings. The van der Waals surface area contributed by atoms with E-state index in [0.29, 0.717) is 23.6 Å². The van der Waals surface area contributed by atoms with Crippen molar-refractivity contribution in [2.75, 3.05) is 13.1 Å². The van der Waals surface area contributed by atoms with Crippen LogP contribution in [0.3, 0.4) is 0 Å². The fourth-order valence-corrected chi connectivity index (χ4v) is 3.66. The second kappa shape index (κ2) is 6.07. The van der Waals surface area contributed by atoms with Crippen molar-refractivity contribution in [3.63, 3.8) is 0 Å². The Hall–Kier alpha value is -2.11.